The molecule has 0 unspecified atom stereocenters. The molecule has 0 radical (unpaired) electrons. The number of nitrogens with one attached hydrogen (secondary N) is 3. The molecule has 494 valence electrons. The standard InChI is InChI=1S/C32H31ClFN5.C24H25ClN4.C8H7F2N.C5H2BrF2N.C3H7BO2.ClH/c1-3-19-6-5-7-20(4-2)30(19)39-31(24-10-11-26(33)29-23(24)12-14-35-29)25-18-38(15-13-28(25)37-39)32-27(34)16-22(17-36-32)21-8-9-21;1-3-15-6-5-7-16(4-2)23(15)29-24(19-14-26-12-11-21(19)28-29)18-8-9-20(25)22-17(18)10-13-27-22;9-7-3-6(5-1-2-5)4-11-8(7)10;6-3-1-4(7)5(8)9-2-3;5-4(6)3-1-2-3;/h5-7,10-12,14,16-17,21,35H,3-4,8-9,13,15,18H2,1-2H3;5-10,13,26-27H,3-4,11-12,14H2,1-2H3;3-5H,1-2H2;1-2H;3,5-6H,1-2H2;1H. The summed E-state index contributed by atoms with van der Waals surface area (Å²) in [6.45, 7) is 11.8. The molecule has 5 N–H and O–H groups in total. The van der Waals surface area contributed by atoms with Gasteiger partial charge in [-0.05, 0) is 161 Å². The van der Waals surface area contributed by atoms with Gasteiger partial charge in [0.15, 0.2) is 23.3 Å². The molecular weight excluding hydrogens is 1340 g/mol. The minimum absolute atomic E-state index is 0. The zero-order valence-electron chi connectivity index (χ0n) is 53.1. The summed E-state index contributed by atoms with van der Waals surface area (Å²) in [5.41, 5.74) is 20.4. The van der Waals surface area contributed by atoms with Gasteiger partial charge in [-0.2, -0.15) is 19.0 Å². The minimum Gasteiger partial charge on any atom is -0.427 e. The Balaban J connectivity index is 0.000000142. The van der Waals surface area contributed by atoms with Crippen LogP contribution in [-0.4, -0.2) is 74.7 Å². The van der Waals surface area contributed by atoms with Crippen LogP contribution in [0.15, 0.2) is 126 Å². The average molecular weight is 1420 g/mol. The average Bonchev–Trinajstić information content (AvgIpc) is 1.61. The van der Waals surface area contributed by atoms with Crippen LogP contribution in [0.3, 0.4) is 0 Å². The van der Waals surface area contributed by atoms with Crippen molar-refractivity contribution in [2.45, 2.75) is 135 Å². The maximum Gasteiger partial charge on any atom is 0.454 e. The number of nitrogens with zero attached hydrogens (tertiary/aromatic N) is 8. The number of fused-ring (bicyclic) bond motifs is 4. The van der Waals surface area contributed by atoms with E-state index in [1.54, 1.807) is 6.07 Å². The van der Waals surface area contributed by atoms with E-state index in [1.807, 2.05) is 30.7 Å². The van der Waals surface area contributed by atoms with Gasteiger partial charge in [0.25, 0.3) is 0 Å². The lowest BCUT2D eigenvalue weighted by Crippen LogP contribution is -2.31. The van der Waals surface area contributed by atoms with E-state index < -0.39 is 30.6 Å². The SMILES string of the molecule is CCc1cccc(CC)c1-n1nc2c(c1-c1ccc(Cl)c3[nH]ccc13)CN(c1ncc(C3CC3)cc1F)CC2.CCc1cccc(CC)c1-n1nc2c(c1-c1ccc(Cl)c3[nH]ccc13)CNCC2.Cl.Fc1cc(Br)cnc1F.Fc1cc(C2CC2)cnc1F.OB(O)C1CC1. The van der Waals surface area contributed by atoms with Crippen LogP contribution in [0.2, 0.25) is 15.9 Å². The molecule has 95 heavy (non-hydrogen) atoms. The molecular formula is C72H73BBrCl3F5N11O2. The van der Waals surface area contributed by atoms with Crippen molar-refractivity contribution in [3.63, 3.8) is 0 Å². The van der Waals surface area contributed by atoms with Crippen LogP contribution in [0.25, 0.3) is 55.7 Å². The van der Waals surface area contributed by atoms with E-state index in [4.69, 9.17) is 43.4 Å². The number of aromatic amines is 2. The summed E-state index contributed by atoms with van der Waals surface area (Å²) in [6, 6.07) is 29.4. The van der Waals surface area contributed by atoms with Crippen molar-refractivity contribution in [2.75, 3.05) is 18.0 Å². The Morgan fingerprint density at radius 1 is 0.579 bits per heavy atom. The van der Waals surface area contributed by atoms with E-state index in [0.717, 1.165) is 162 Å². The Morgan fingerprint density at radius 2 is 1.05 bits per heavy atom. The second-order valence-corrected chi connectivity index (χ2v) is 26.0. The molecule has 7 aromatic heterocycles. The summed E-state index contributed by atoms with van der Waals surface area (Å²) in [6.07, 6.45) is 20.2. The zero-order chi connectivity index (χ0) is 65.9. The van der Waals surface area contributed by atoms with Gasteiger partial charge in [0.1, 0.15) is 0 Å². The Bertz CT molecular complexity index is 4500. The summed E-state index contributed by atoms with van der Waals surface area (Å²) in [5, 5.41) is 34.1. The van der Waals surface area contributed by atoms with E-state index >= 15 is 4.39 Å². The zero-order valence-corrected chi connectivity index (χ0v) is 57.0. The van der Waals surface area contributed by atoms with Gasteiger partial charge in [-0.3, -0.25) is 0 Å². The number of aryl methyl sites for hydroxylation is 4. The fourth-order valence-electron chi connectivity index (χ4n) is 12.5. The van der Waals surface area contributed by atoms with E-state index in [2.05, 4.69) is 149 Å². The van der Waals surface area contributed by atoms with Crippen LogP contribution in [0.5, 0.6) is 0 Å². The molecule has 0 bridgehead atoms. The first-order chi connectivity index (χ1) is 45.6. The monoisotopic (exact) mass is 1410 g/mol. The summed E-state index contributed by atoms with van der Waals surface area (Å²) in [5.74, 6) is -2.55. The number of benzene rings is 4. The lowest BCUT2D eigenvalue weighted by Gasteiger charge is -2.28. The third-order valence-electron chi connectivity index (χ3n) is 18.0. The van der Waals surface area contributed by atoms with Gasteiger partial charge >= 0.3 is 7.12 Å². The Labute approximate surface area is 573 Å². The predicted octanol–water partition coefficient (Wildman–Crippen LogP) is 17.6. The van der Waals surface area contributed by atoms with Gasteiger partial charge in [0.05, 0.1) is 55.2 Å². The van der Waals surface area contributed by atoms with Gasteiger partial charge in [-0.1, -0.05) is 112 Å². The summed E-state index contributed by atoms with van der Waals surface area (Å²) >= 11 is 16.0. The van der Waals surface area contributed by atoms with Crippen molar-refractivity contribution in [2.24, 2.45) is 0 Å². The molecule has 3 fully saturated rings. The van der Waals surface area contributed by atoms with Crippen molar-refractivity contribution in [3.05, 3.63) is 222 Å². The Hall–Kier alpha value is -7.43. The Kier molecular flexibility index (Phi) is 22.0. The second-order valence-electron chi connectivity index (χ2n) is 24.3. The molecule has 4 aromatic carbocycles. The third kappa shape index (κ3) is 15.1. The van der Waals surface area contributed by atoms with Gasteiger partial charge in [-0.15, -0.1) is 12.4 Å². The van der Waals surface area contributed by atoms with Crippen LogP contribution < -0.4 is 10.2 Å². The number of H-pyrrole nitrogens is 2. The molecule has 3 saturated carbocycles. The number of hydrogen-bond acceptors (Lipinski definition) is 9. The second kappa shape index (κ2) is 30.3. The highest BCUT2D eigenvalue weighted by Gasteiger charge is 2.34. The molecule has 0 amide bonds. The van der Waals surface area contributed by atoms with Crippen LogP contribution in [-0.2, 0) is 51.6 Å². The maximum absolute atomic E-state index is 15.4. The molecule has 0 atom stereocenters. The van der Waals surface area contributed by atoms with Crippen LogP contribution in [0.1, 0.15) is 134 Å². The topological polar surface area (TPSA) is 162 Å². The van der Waals surface area contributed by atoms with Crippen molar-refractivity contribution >= 4 is 86.3 Å². The first kappa shape index (κ1) is 68.9. The molecule has 0 spiro atoms. The molecule has 11 aromatic rings. The normalized spacial score (nSPS) is 14.7. The van der Waals surface area contributed by atoms with Gasteiger partial charge in [-0.25, -0.2) is 37.5 Å². The number of anilines is 1. The smallest absolute Gasteiger partial charge is 0.427 e. The molecule has 3 aliphatic carbocycles. The van der Waals surface area contributed by atoms with Gasteiger partial charge in [0, 0.05) is 108 Å². The van der Waals surface area contributed by atoms with Crippen LogP contribution >= 0.6 is 51.5 Å². The summed E-state index contributed by atoms with van der Waals surface area (Å²) in [4.78, 5) is 19.7. The molecule has 9 heterocycles. The lowest BCUT2D eigenvalue weighted by atomic mass is 9.84. The first-order valence-corrected chi connectivity index (χ1v) is 33.8. The van der Waals surface area contributed by atoms with E-state index in [-0.39, 0.29) is 24.0 Å². The predicted molar refractivity (Wildman–Crippen MR) is 374 cm³/mol. The number of halogens is 9. The fourth-order valence-corrected chi connectivity index (χ4v) is 13.3. The van der Waals surface area contributed by atoms with Crippen LogP contribution in [0, 0.1) is 29.3 Å². The fraction of sp³-hybridized carbons (Fsp3) is 0.319. The van der Waals surface area contributed by atoms with E-state index in [9.17, 15) is 17.6 Å². The van der Waals surface area contributed by atoms with Crippen LogP contribution in [0.4, 0.5) is 27.8 Å². The third-order valence-corrected chi connectivity index (χ3v) is 19.1. The Morgan fingerprint density at radius 3 is 1.49 bits per heavy atom. The summed E-state index contributed by atoms with van der Waals surface area (Å²) < 4.78 is 69.1. The summed E-state index contributed by atoms with van der Waals surface area (Å²) in [7, 11) is -1.04. The first-order valence-electron chi connectivity index (χ1n) is 32.3. The van der Waals surface area contributed by atoms with Crippen molar-refractivity contribution in [1.29, 1.82) is 0 Å². The minimum atomic E-state index is -1.07. The van der Waals surface area contributed by atoms with Gasteiger partial charge in [0.2, 0.25) is 11.9 Å². The van der Waals surface area contributed by atoms with E-state index in [1.165, 1.54) is 68.9 Å². The largest absolute Gasteiger partial charge is 0.454 e. The quantitative estimate of drug-likeness (QED) is 0.0455. The highest BCUT2D eigenvalue weighted by atomic mass is 79.9. The number of hydrogen-bond donors (Lipinski definition) is 5. The molecule has 5 aliphatic rings. The molecule has 23 heteroatoms. The molecule has 2 aliphatic heterocycles. The maximum atomic E-state index is 15.4. The number of pyridine rings is 3. The molecule has 16 rings (SSSR count). The van der Waals surface area contributed by atoms with Gasteiger partial charge < -0.3 is 30.2 Å². The number of rotatable bonds is 12. The number of aromatic nitrogens is 9. The highest BCUT2D eigenvalue weighted by molar-refractivity contribution is 9.10. The van der Waals surface area contributed by atoms with Crippen molar-refractivity contribution < 1.29 is 32.0 Å². The molecule has 13 nitrogen and oxygen atoms in total. The lowest BCUT2D eigenvalue weighted by molar-refractivity contribution is 0.403. The van der Waals surface area contributed by atoms with E-state index in [0.29, 0.717) is 40.2 Å². The van der Waals surface area contributed by atoms with Crippen molar-refractivity contribution in [1.82, 2.24) is 49.8 Å². The molecule has 0 saturated heterocycles. The highest BCUT2D eigenvalue weighted by Crippen LogP contribution is 2.45. The number of para-hydroxylation sites is 2. The van der Waals surface area contributed by atoms with Crippen molar-refractivity contribution in [3.8, 4) is 33.9 Å².